The summed E-state index contributed by atoms with van der Waals surface area (Å²) < 4.78 is 5.77. The van der Waals surface area contributed by atoms with Gasteiger partial charge in [0, 0.05) is 12.6 Å². The molecule has 2 heterocycles. The number of rotatable bonds is 4. The number of likely N-dealkylation sites (tertiary alicyclic amines) is 1. The van der Waals surface area contributed by atoms with Gasteiger partial charge in [-0.1, -0.05) is 6.92 Å². The lowest BCUT2D eigenvalue weighted by molar-refractivity contribution is -0.0633. The summed E-state index contributed by atoms with van der Waals surface area (Å²) in [6.07, 6.45) is 5.07. The molecule has 0 amide bonds. The zero-order valence-electron chi connectivity index (χ0n) is 12.4. The van der Waals surface area contributed by atoms with Crippen LogP contribution in [0.2, 0.25) is 0 Å². The summed E-state index contributed by atoms with van der Waals surface area (Å²) in [5.41, 5.74) is 0.0709. The van der Waals surface area contributed by atoms with Crippen LogP contribution in [-0.4, -0.2) is 49.3 Å². The van der Waals surface area contributed by atoms with Gasteiger partial charge in [0.15, 0.2) is 0 Å². The van der Waals surface area contributed by atoms with Gasteiger partial charge in [-0.25, -0.2) is 0 Å². The largest absolute Gasteiger partial charge is 0.375 e. The molecule has 0 aromatic rings. The van der Waals surface area contributed by atoms with Gasteiger partial charge in [-0.3, -0.25) is 0 Å². The first-order valence-corrected chi connectivity index (χ1v) is 7.69. The highest BCUT2D eigenvalue weighted by molar-refractivity contribution is 4.84. The minimum atomic E-state index is 0.0709. The summed E-state index contributed by atoms with van der Waals surface area (Å²) in [4.78, 5) is 2.56. The van der Waals surface area contributed by atoms with Crippen LogP contribution in [0.15, 0.2) is 0 Å². The van der Waals surface area contributed by atoms with Crippen molar-refractivity contribution in [3.63, 3.8) is 0 Å². The average Bonchev–Trinajstić information content (AvgIpc) is 2.36. The van der Waals surface area contributed by atoms with Gasteiger partial charge in [0.05, 0.1) is 5.60 Å². The standard InChI is InChI=1S/C15H30N2O/c1-4-17-8-5-13(6-9-17)12-16-14-7-10-18-15(2,3)11-14/h13-14,16H,4-12H2,1-3H3. The van der Waals surface area contributed by atoms with Gasteiger partial charge in [0.2, 0.25) is 0 Å². The molecular weight excluding hydrogens is 224 g/mol. The van der Waals surface area contributed by atoms with E-state index in [4.69, 9.17) is 4.74 Å². The van der Waals surface area contributed by atoms with Crippen LogP contribution in [0.3, 0.4) is 0 Å². The first kappa shape index (κ1) is 14.3. The van der Waals surface area contributed by atoms with E-state index >= 15 is 0 Å². The number of piperidine rings is 1. The molecule has 0 spiro atoms. The lowest BCUT2D eigenvalue weighted by Gasteiger charge is -2.37. The molecule has 0 saturated carbocycles. The molecule has 106 valence electrons. The fraction of sp³-hybridized carbons (Fsp3) is 1.00. The molecular formula is C15H30N2O. The van der Waals surface area contributed by atoms with Crippen LogP contribution in [0, 0.1) is 5.92 Å². The van der Waals surface area contributed by atoms with Crippen LogP contribution < -0.4 is 5.32 Å². The molecule has 2 aliphatic rings. The minimum absolute atomic E-state index is 0.0709. The van der Waals surface area contributed by atoms with Gasteiger partial charge in [0.25, 0.3) is 0 Å². The van der Waals surface area contributed by atoms with Crippen molar-refractivity contribution < 1.29 is 4.74 Å². The zero-order valence-corrected chi connectivity index (χ0v) is 12.4. The molecule has 2 aliphatic heterocycles. The maximum Gasteiger partial charge on any atom is 0.0641 e. The van der Waals surface area contributed by atoms with Crippen molar-refractivity contribution in [3.05, 3.63) is 0 Å². The van der Waals surface area contributed by atoms with Crippen LogP contribution in [0.1, 0.15) is 46.5 Å². The Bertz CT molecular complexity index is 247. The molecule has 0 radical (unpaired) electrons. The Morgan fingerprint density at radius 2 is 1.94 bits per heavy atom. The summed E-state index contributed by atoms with van der Waals surface area (Å²) in [7, 11) is 0. The molecule has 1 N–H and O–H groups in total. The number of hydrogen-bond donors (Lipinski definition) is 1. The van der Waals surface area contributed by atoms with Gasteiger partial charge in [-0.05, 0) is 71.6 Å². The number of nitrogens with one attached hydrogen (secondary N) is 1. The average molecular weight is 254 g/mol. The molecule has 0 aliphatic carbocycles. The van der Waals surface area contributed by atoms with Gasteiger partial charge in [0.1, 0.15) is 0 Å². The van der Waals surface area contributed by atoms with Crippen molar-refractivity contribution in [2.75, 3.05) is 32.8 Å². The second-order valence-electron chi connectivity index (χ2n) is 6.58. The van der Waals surface area contributed by atoms with Crippen LogP contribution in [0.5, 0.6) is 0 Å². The molecule has 3 nitrogen and oxygen atoms in total. The van der Waals surface area contributed by atoms with E-state index in [2.05, 4.69) is 31.0 Å². The van der Waals surface area contributed by atoms with Crippen LogP contribution in [0.25, 0.3) is 0 Å². The van der Waals surface area contributed by atoms with Crippen LogP contribution in [-0.2, 0) is 4.74 Å². The van der Waals surface area contributed by atoms with E-state index in [1.54, 1.807) is 0 Å². The number of hydrogen-bond acceptors (Lipinski definition) is 3. The van der Waals surface area contributed by atoms with E-state index < -0.39 is 0 Å². The lowest BCUT2D eigenvalue weighted by atomic mass is 9.92. The van der Waals surface area contributed by atoms with Crippen LogP contribution >= 0.6 is 0 Å². The highest BCUT2D eigenvalue weighted by Gasteiger charge is 2.29. The quantitative estimate of drug-likeness (QED) is 0.833. The Balaban J connectivity index is 1.66. The summed E-state index contributed by atoms with van der Waals surface area (Å²) in [5.74, 6) is 0.888. The smallest absolute Gasteiger partial charge is 0.0641 e. The maximum absolute atomic E-state index is 5.77. The lowest BCUT2D eigenvalue weighted by Crippen LogP contribution is -2.46. The first-order chi connectivity index (χ1) is 8.59. The van der Waals surface area contributed by atoms with E-state index in [1.165, 1.54) is 45.4 Å². The molecule has 0 aromatic carbocycles. The third kappa shape index (κ3) is 4.22. The third-order valence-electron chi connectivity index (χ3n) is 4.55. The monoisotopic (exact) mass is 254 g/mol. The molecule has 1 unspecified atom stereocenters. The fourth-order valence-electron chi connectivity index (χ4n) is 3.25. The van der Waals surface area contributed by atoms with E-state index in [-0.39, 0.29) is 5.60 Å². The zero-order chi connectivity index (χ0) is 13.0. The Kier molecular flexibility index (Phi) is 5.05. The minimum Gasteiger partial charge on any atom is -0.375 e. The van der Waals surface area contributed by atoms with Crippen molar-refractivity contribution >= 4 is 0 Å². The Hall–Kier alpha value is -0.120. The molecule has 3 heteroatoms. The van der Waals surface area contributed by atoms with Crippen LogP contribution in [0.4, 0.5) is 0 Å². The Labute approximate surface area is 112 Å². The highest BCUT2D eigenvalue weighted by atomic mass is 16.5. The molecule has 0 aromatic heterocycles. The van der Waals surface area contributed by atoms with Crippen molar-refractivity contribution in [2.24, 2.45) is 5.92 Å². The van der Waals surface area contributed by atoms with Crippen molar-refractivity contribution in [1.82, 2.24) is 10.2 Å². The topological polar surface area (TPSA) is 24.5 Å². The molecule has 18 heavy (non-hydrogen) atoms. The first-order valence-electron chi connectivity index (χ1n) is 7.69. The van der Waals surface area contributed by atoms with E-state index in [9.17, 15) is 0 Å². The third-order valence-corrected chi connectivity index (χ3v) is 4.55. The summed E-state index contributed by atoms with van der Waals surface area (Å²) in [5, 5.41) is 3.78. The van der Waals surface area contributed by atoms with Crippen molar-refractivity contribution in [1.29, 1.82) is 0 Å². The molecule has 1 atom stereocenters. The number of ether oxygens (including phenoxy) is 1. The normalized spacial score (nSPS) is 30.5. The number of nitrogens with zero attached hydrogens (tertiary/aromatic N) is 1. The summed E-state index contributed by atoms with van der Waals surface area (Å²) in [6.45, 7) is 12.6. The fourth-order valence-corrected chi connectivity index (χ4v) is 3.25. The molecule has 2 saturated heterocycles. The predicted octanol–water partition coefficient (Wildman–Crippen LogP) is 2.27. The molecule has 0 bridgehead atoms. The molecule has 2 fully saturated rings. The Morgan fingerprint density at radius 3 is 2.56 bits per heavy atom. The second-order valence-corrected chi connectivity index (χ2v) is 6.58. The summed E-state index contributed by atoms with van der Waals surface area (Å²) >= 11 is 0. The van der Waals surface area contributed by atoms with Crippen molar-refractivity contribution in [2.45, 2.75) is 58.1 Å². The van der Waals surface area contributed by atoms with Gasteiger partial charge < -0.3 is 15.0 Å². The van der Waals surface area contributed by atoms with Gasteiger partial charge >= 0.3 is 0 Å². The van der Waals surface area contributed by atoms with Crippen molar-refractivity contribution in [3.8, 4) is 0 Å². The van der Waals surface area contributed by atoms with E-state index in [1.807, 2.05) is 0 Å². The Morgan fingerprint density at radius 1 is 1.22 bits per heavy atom. The predicted molar refractivity (Wildman–Crippen MR) is 75.9 cm³/mol. The van der Waals surface area contributed by atoms with E-state index in [0.717, 1.165) is 18.9 Å². The second kappa shape index (κ2) is 6.36. The molecule has 2 rings (SSSR count). The maximum atomic E-state index is 5.77. The van der Waals surface area contributed by atoms with E-state index in [0.29, 0.717) is 6.04 Å². The van der Waals surface area contributed by atoms with Gasteiger partial charge in [-0.15, -0.1) is 0 Å². The SMILES string of the molecule is CCN1CCC(CNC2CCOC(C)(C)C2)CC1. The summed E-state index contributed by atoms with van der Waals surface area (Å²) in [6, 6.07) is 0.665. The highest BCUT2D eigenvalue weighted by Crippen LogP contribution is 2.24. The van der Waals surface area contributed by atoms with Gasteiger partial charge in [-0.2, -0.15) is 0 Å².